The van der Waals surface area contributed by atoms with E-state index < -0.39 is 40.4 Å². The molecule has 0 aliphatic heterocycles. The SMILES string of the molecule is CCOC(=O)C1(N)Cc2ccccc2C1.CCOC(=O)C1(NC(=O)c2c(OCC)ccc3ccccc23)Cc2ccccc2C1.CCOc1ccc2ccccc2c1C(=O)NC1(C(=O)O)Cc2ccccc2C1.CCOc1ccc2ccccc2c1C(=O)O. The number of esters is 2. The van der Waals surface area contributed by atoms with Gasteiger partial charge in [0.05, 0.1) is 44.2 Å². The fraction of sp³-hybridized carbons (Fsp3) is 0.260. The maximum Gasteiger partial charge on any atom is 0.340 e. The van der Waals surface area contributed by atoms with E-state index in [4.69, 9.17) is 29.4 Å². The van der Waals surface area contributed by atoms with E-state index in [0.717, 1.165) is 60.3 Å². The third-order valence-corrected chi connectivity index (χ3v) is 16.0. The van der Waals surface area contributed by atoms with E-state index in [1.54, 1.807) is 38.1 Å². The van der Waals surface area contributed by atoms with Gasteiger partial charge in [0.25, 0.3) is 11.8 Å². The summed E-state index contributed by atoms with van der Waals surface area (Å²) in [5.41, 5.74) is 10.1. The van der Waals surface area contributed by atoms with Crippen LogP contribution in [-0.2, 0) is 62.4 Å². The predicted molar refractivity (Wildman–Crippen MR) is 342 cm³/mol. The first-order valence-electron chi connectivity index (χ1n) is 29.9. The van der Waals surface area contributed by atoms with Crippen LogP contribution in [0.4, 0.5) is 0 Å². The number of hydrogen-bond acceptors (Lipinski definition) is 12. The zero-order chi connectivity index (χ0) is 63.3. The minimum atomic E-state index is -1.36. The number of benzene rings is 9. The summed E-state index contributed by atoms with van der Waals surface area (Å²) in [4.78, 5) is 75.0. The highest BCUT2D eigenvalue weighted by Crippen LogP contribution is 2.37. The van der Waals surface area contributed by atoms with Crippen molar-refractivity contribution in [3.8, 4) is 17.2 Å². The lowest BCUT2D eigenvalue weighted by Gasteiger charge is -2.28. The van der Waals surface area contributed by atoms with E-state index in [1.807, 2.05) is 178 Å². The second-order valence-electron chi connectivity index (χ2n) is 21.9. The van der Waals surface area contributed by atoms with Gasteiger partial charge in [0, 0.05) is 38.5 Å². The van der Waals surface area contributed by atoms with E-state index in [0.29, 0.717) is 85.9 Å². The maximum absolute atomic E-state index is 13.6. The van der Waals surface area contributed by atoms with Crippen LogP contribution in [0.2, 0.25) is 0 Å². The number of carbonyl (C=O) groups excluding carboxylic acids is 4. The van der Waals surface area contributed by atoms with E-state index in [2.05, 4.69) is 10.6 Å². The molecule has 2 amide bonds. The number of aliphatic carboxylic acids is 1. The maximum atomic E-state index is 13.6. The summed E-state index contributed by atoms with van der Waals surface area (Å²) >= 11 is 0. The van der Waals surface area contributed by atoms with Gasteiger partial charge in [-0.05, 0) is 119 Å². The molecule has 0 fully saturated rings. The van der Waals surface area contributed by atoms with Crippen molar-refractivity contribution < 1.29 is 62.7 Å². The Kier molecular flexibility index (Phi) is 20.1. The molecule has 0 radical (unpaired) electrons. The summed E-state index contributed by atoms with van der Waals surface area (Å²) in [6.45, 7) is 11.1. The van der Waals surface area contributed by atoms with Gasteiger partial charge in [-0.1, -0.05) is 164 Å². The number of hydrogen-bond donors (Lipinski definition) is 5. The average molecular weight is 1200 g/mol. The zero-order valence-corrected chi connectivity index (χ0v) is 50.6. The number of fused-ring (bicyclic) bond motifs is 6. The lowest BCUT2D eigenvalue weighted by atomic mass is 9.94. The van der Waals surface area contributed by atoms with Gasteiger partial charge in [-0.2, -0.15) is 0 Å². The predicted octanol–water partition coefficient (Wildman–Crippen LogP) is 11.6. The number of ether oxygens (including phenoxy) is 5. The average Bonchev–Trinajstić information content (AvgIpc) is 1.83. The van der Waals surface area contributed by atoms with Crippen molar-refractivity contribution in [2.24, 2.45) is 5.73 Å². The Morgan fingerprint density at radius 1 is 0.382 bits per heavy atom. The molecule has 0 saturated carbocycles. The third kappa shape index (κ3) is 13.9. The first kappa shape index (κ1) is 63.4. The van der Waals surface area contributed by atoms with Crippen LogP contribution in [0.25, 0.3) is 32.3 Å². The smallest absolute Gasteiger partial charge is 0.340 e. The number of carboxylic acids is 2. The number of aromatic carboxylic acids is 1. The molecule has 16 nitrogen and oxygen atoms in total. The van der Waals surface area contributed by atoms with Crippen LogP contribution < -0.4 is 30.6 Å². The molecular formula is C73H73N3O13. The Balaban J connectivity index is 0.000000147. The zero-order valence-electron chi connectivity index (χ0n) is 50.6. The van der Waals surface area contributed by atoms with Gasteiger partial charge in [0.1, 0.15) is 39.4 Å². The van der Waals surface area contributed by atoms with Crippen LogP contribution in [0.5, 0.6) is 17.2 Å². The van der Waals surface area contributed by atoms with Crippen molar-refractivity contribution in [1.82, 2.24) is 10.6 Å². The van der Waals surface area contributed by atoms with Gasteiger partial charge in [-0.15, -0.1) is 0 Å². The number of carboxylic acid groups (broad SMARTS) is 2. The van der Waals surface area contributed by atoms with Gasteiger partial charge in [0.2, 0.25) is 0 Å². The van der Waals surface area contributed by atoms with E-state index in [1.165, 1.54) is 0 Å². The van der Waals surface area contributed by atoms with Gasteiger partial charge < -0.3 is 50.3 Å². The van der Waals surface area contributed by atoms with Crippen LogP contribution in [-0.4, -0.2) is 95.6 Å². The molecule has 0 bridgehead atoms. The lowest BCUT2D eigenvalue weighted by Crippen LogP contribution is -2.56. The number of carbonyl (C=O) groups is 6. The van der Waals surface area contributed by atoms with E-state index in [9.17, 15) is 39.0 Å². The highest BCUT2D eigenvalue weighted by molar-refractivity contribution is 6.12. The number of amides is 2. The first-order valence-corrected chi connectivity index (χ1v) is 29.9. The van der Waals surface area contributed by atoms with Crippen LogP contribution in [0.15, 0.2) is 182 Å². The number of nitrogens with one attached hydrogen (secondary N) is 2. The van der Waals surface area contributed by atoms with Crippen molar-refractivity contribution in [3.05, 3.63) is 232 Å². The lowest BCUT2D eigenvalue weighted by molar-refractivity contribution is -0.150. The molecule has 9 aromatic rings. The fourth-order valence-corrected chi connectivity index (χ4v) is 12.0. The standard InChI is InChI=1S/C25H25NO4.C23H21NO4.C13H12O3.C12H15NO2/c1-3-29-21-14-13-17-9-7-8-12-20(17)22(21)23(27)26-25(24(28)30-4-2)15-18-10-5-6-11-19(18)16-25;1-2-28-19-12-11-15-7-5-6-10-18(15)20(19)21(25)24-23(22(26)27)13-16-8-3-4-9-17(16)14-23;1-2-16-11-8-7-9-5-3-4-6-10(9)12(11)13(14)15;1-2-15-11(14)12(13)7-9-5-3-4-6-10(9)8-12/h5-14H,3-4,15-16H2,1-2H3,(H,26,27);3-12H,2,13-14H2,1H3,(H,24,25)(H,26,27);3-8H,2H2,1H3,(H,14,15);3-6H,2,7-8,13H2,1H3. The molecule has 6 N–H and O–H groups in total. The second kappa shape index (κ2) is 28.2. The Bertz CT molecular complexity index is 4030. The van der Waals surface area contributed by atoms with Crippen molar-refractivity contribution in [1.29, 1.82) is 0 Å². The number of rotatable bonds is 16. The quantitative estimate of drug-likeness (QED) is 0.0566. The summed E-state index contributed by atoms with van der Waals surface area (Å²) in [6, 6.07) is 57.0. The molecular weight excluding hydrogens is 1130 g/mol. The van der Waals surface area contributed by atoms with Gasteiger partial charge in [-0.25, -0.2) is 14.4 Å². The summed E-state index contributed by atoms with van der Waals surface area (Å²) in [5.74, 6) is -2.08. The Hall–Kier alpha value is -10.1. The summed E-state index contributed by atoms with van der Waals surface area (Å²) in [7, 11) is 0. The Morgan fingerprint density at radius 2 is 0.685 bits per heavy atom. The minimum absolute atomic E-state index is 0.236. The number of nitrogens with two attached hydrogens (primary N) is 1. The summed E-state index contributed by atoms with van der Waals surface area (Å²) in [6.07, 6.45) is 2.51. The Morgan fingerprint density at radius 3 is 1.03 bits per heavy atom. The largest absolute Gasteiger partial charge is 0.493 e. The molecule has 3 aliphatic rings. The molecule has 0 saturated heterocycles. The van der Waals surface area contributed by atoms with Crippen molar-refractivity contribution in [2.45, 2.75) is 89.8 Å². The van der Waals surface area contributed by atoms with Gasteiger partial charge in [0.15, 0.2) is 0 Å². The van der Waals surface area contributed by atoms with E-state index >= 15 is 0 Å². The third-order valence-electron chi connectivity index (χ3n) is 16.0. The second-order valence-corrected chi connectivity index (χ2v) is 21.9. The molecule has 3 aliphatic carbocycles. The fourth-order valence-electron chi connectivity index (χ4n) is 12.0. The molecule has 0 atom stereocenters. The van der Waals surface area contributed by atoms with Crippen LogP contribution in [0.3, 0.4) is 0 Å². The molecule has 0 spiro atoms. The molecule has 0 aromatic heterocycles. The van der Waals surface area contributed by atoms with Crippen molar-refractivity contribution >= 4 is 68.0 Å². The first-order chi connectivity index (χ1) is 43.0. The van der Waals surface area contributed by atoms with E-state index in [-0.39, 0.29) is 36.9 Å². The molecule has 0 heterocycles. The van der Waals surface area contributed by atoms with Crippen LogP contribution in [0.1, 0.15) is 99.1 Å². The monoisotopic (exact) mass is 1200 g/mol. The van der Waals surface area contributed by atoms with Crippen LogP contribution in [0, 0.1) is 0 Å². The van der Waals surface area contributed by atoms with Gasteiger partial charge in [-0.3, -0.25) is 14.4 Å². The van der Waals surface area contributed by atoms with Crippen LogP contribution >= 0.6 is 0 Å². The molecule has 458 valence electrons. The molecule has 16 heteroatoms. The summed E-state index contributed by atoms with van der Waals surface area (Å²) in [5, 5.41) is 30.0. The topological polar surface area (TPSA) is 239 Å². The van der Waals surface area contributed by atoms with Gasteiger partial charge >= 0.3 is 23.9 Å². The molecule has 89 heavy (non-hydrogen) atoms. The highest BCUT2D eigenvalue weighted by atomic mass is 16.5. The van der Waals surface area contributed by atoms with Crippen molar-refractivity contribution in [2.75, 3.05) is 33.0 Å². The highest BCUT2D eigenvalue weighted by Gasteiger charge is 2.48. The Labute approximate surface area is 516 Å². The minimum Gasteiger partial charge on any atom is -0.493 e. The van der Waals surface area contributed by atoms with Crippen molar-refractivity contribution in [3.63, 3.8) is 0 Å². The summed E-state index contributed by atoms with van der Waals surface area (Å²) < 4.78 is 27.1. The molecule has 12 rings (SSSR count). The molecule has 9 aromatic carbocycles. The normalized spacial score (nSPS) is 14.1. The molecule has 0 unspecified atom stereocenters.